The molecule has 2 heterocycles. The van der Waals surface area contributed by atoms with Crippen LogP contribution in [0.15, 0.2) is 30.0 Å². The van der Waals surface area contributed by atoms with Crippen LogP contribution in [-0.4, -0.2) is 29.4 Å². The minimum Gasteiger partial charge on any atom is -0.497 e. The Balaban J connectivity index is 2.10. The number of nitrogens with zero attached hydrogens (tertiary/aromatic N) is 1. The molecule has 0 N–H and O–H groups in total. The van der Waals surface area contributed by atoms with Gasteiger partial charge in [-0.3, -0.25) is 0 Å². The van der Waals surface area contributed by atoms with E-state index < -0.39 is 17.7 Å². The van der Waals surface area contributed by atoms with E-state index in [0.717, 1.165) is 10.9 Å². The Morgan fingerprint density at radius 3 is 2.43 bits per heavy atom. The fourth-order valence-corrected chi connectivity index (χ4v) is 2.58. The van der Waals surface area contributed by atoms with Gasteiger partial charge in [0.2, 0.25) is 0 Å². The largest absolute Gasteiger partial charge is 0.497 e. The zero-order valence-electron chi connectivity index (χ0n) is 13.4. The van der Waals surface area contributed by atoms with Crippen molar-refractivity contribution in [1.29, 1.82) is 0 Å². The van der Waals surface area contributed by atoms with Gasteiger partial charge in [-0.15, -0.1) is 0 Å². The van der Waals surface area contributed by atoms with Gasteiger partial charge < -0.3 is 18.8 Å². The van der Waals surface area contributed by atoms with Crippen LogP contribution in [0.3, 0.4) is 0 Å². The Bertz CT molecular complexity index is 822. The summed E-state index contributed by atoms with van der Waals surface area (Å²) in [7, 11) is 3.47. The van der Waals surface area contributed by atoms with Crippen molar-refractivity contribution in [3.05, 3.63) is 35.5 Å². The summed E-state index contributed by atoms with van der Waals surface area (Å²) in [5.41, 5.74) is 1.54. The summed E-state index contributed by atoms with van der Waals surface area (Å²) in [5, 5.41) is 0.866. The molecular formula is C17H17NO5. The Morgan fingerprint density at radius 2 is 1.83 bits per heavy atom. The summed E-state index contributed by atoms with van der Waals surface area (Å²) in [4.78, 5) is 24.1. The average Bonchev–Trinajstić information content (AvgIpc) is 2.78. The topological polar surface area (TPSA) is 66.8 Å². The molecule has 0 saturated carbocycles. The Labute approximate surface area is 133 Å². The first-order chi connectivity index (χ1) is 10.8. The average molecular weight is 315 g/mol. The number of ether oxygens (including phenoxy) is 3. The van der Waals surface area contributed by atoms with E-state index in [4.69, 9.17) is 14.2 Å². The Hall–Kier alpha value is -2.76. The number of carbonyl (C=O) groups is 2. The highest BCUT2D eigenvalue weighted by atomic mass is 16.7. The van der Waals surface area contributed by atoms with E-state index in [2.05, 4.69) is 0 Å². The molecule has 1 aliphatic rings. The van der Waals surface area contributed by atoms with Crippen molar-refractivity contribution in [3.63, 3.8) is 0 Å². The van der Waals surface area contributed by atoms with Crippen LogP contribution in [0.25, 0.3) is 17.0 Å². The molecule has 120 valence electrons. The van der Waals surface area contributed by atoms with Gasteiger partial charge in [-0.25, -0.2) is 9.59 Å². The summed E-state index contributed by atoms with van der Waals surface area (Å²) < 4.78 is 17.4. The van der Waals surface area contributed by atoms with Gasteiger partial charge in [-0.2, -0.15) is 0 Å². The summed E-state index contributed by atoms with van der Waals surface area (Å²) in [6.07, 6.45) is 3.32. The van der Waals surface area contributed by atoms with Crippen LogP contribution in [0, 0.1) is 0 Å². The number of hydrogen-bond donors (Lipinski definition) is 0. The maximum absolute atomic E-state index is 12.1. The fraction of sp³-hybridized carbons (Fsp3) is 0.294. The highest BCUT2D eigenvalue weighted by Crippen LogP contribution is 2.29. The molecule has 2 aromatic rings. The second-order valence-electron chi connectivity index (χ2n) is 5.82. The number of hydrogen-bond acceptors (Lipinski definition) is 5. The third-order valence-electron chi connectivity index (χ3n) is 3.64. The van der Waals surface area contributed by atoms with Crippen molar-refractivity contribution in [2.75, 3.05) is 7.11 Å². The summed E-state index contributed by atoms with van der Waals surface area (Å²) in [6.45, 7) is 3.03. The quantitative estimate of drug-likeness (QED) is 0.484. The molecule has 0 bridgehead atoms. The van der Waals surface area contributed by atoms with Crippen molar-refractivity contribution >= 4 is 28.9 Å². The molecule has 0 amide bonds. The molecular weight excluding hydrogens is 298 g/mol. The molecule has 0 atom stereocenters. The van der Waals surface area contributed by atoms with E-state index in [1.165, 1.54) is 19.9 Å². The predicted octanol–water partition coefficient (Wildman–Crippen LogP) is 2.41. The first-order valence-corrected chi connectivity index (χ1v) is 7.12. The van der Waals surface area contributed by atoms with E-state index >= 15 is 0 Å². The number of esters is 2. The van der Waals surface area contributed by atoms with Crippen molar-refractivity contribution in [3.8, 4) is 5.75 Å². The lowest BCUT2D eigenvalue weighted by Gasteiger charge is -2.29. The van der Waals surface area contributed by atoms with Crippen LogP contribution in [-0.2, 0) is 26.1 Å². The molecule has 1 aromatic heterocycles. The molecule has 1 aromatic carbocycles. The van der Waals surface area contributed by atoms with Gasteiger partial charge in [0.05, 0.1) is 7.11 Å². The second-order valence-corrected chi connectivity index (χ2v) is 5.82. The molecule has 6 nitrogen and oxygen atoms in total. The number of rotatable bonds is 2. The number of fused-ring (bicyclic) bond motifs is 1. The summed E-state index contributed by atoms with van der Waals surface area (Å²) in [6, 6.07) is 5.62. The molecule has 0 aliphatic carbocycles. The van der Waals surface area contributed by atoms with Crippen LogP contribution in [0.1, 0.15) is 19.4 Å². The normalized spacial score (nSPS) is 17.0. The lowest BCUT2D eigenvalue weighted by atomic mass is 10.1. The fourth-order valence-electron chi connectivity index (χ4n) is 2.58. The number of aryl methyl sites for hydroxylation is 1. The molecule has 23 heavy (non-hydrogen) atoms. The second kappa shape index (κ2) is 5.15. The predicted molar refractivity (Wildman–Crippen MR) is 83.7 cm³/mol. The van der Waals surface area contributed by atoms with Crippen LogP contribution in [0.5, 0.6) is 5.75 Å². The third-order valence-corrected chi connectivity index (χ3v) is 3.64. The van der Waals surface area contributed by atoms with Gasteiger partial charge in [0.15, 0.2) is 0 Å². The van der Waals surface area contributed by atoms with Gasteiger partial charge in [0, 0.05) is 43.6 Å². The van der Waals surface area contributed by atoms with Gasteiger partial charge in [-0.1, -0.05) is 0 Å². The number of methoxy groups -OCH3 is 1. The van der Waals surface area contributed by atoms with Crippen LogP contribution < -0.4 is 4.74 Å². The Morgan fingerprint density at radius 1 is 1.17 bits per heavy atom. The van der Waals surface area contributed by atoms with Crippen molar-refractivity contribution in [2.24, 2.45) is 7.05 Å². The monoisotopic (exact) mass is 315 g/mol. The number of carbonyl (C=O) groups excluding carboxylic acids is 2. The third kappa shape index (κ3) is 2.67. The van der Waals surface area contributed by atoms with E-state index in [0.29, 0.717) is 11.3 Å². The maximum Gasteiger partial charge on any atom is 0.348 e. The smallest absolute Gasteiger partial charge is 0.348 e. The molecule has 0 radical (unpaired) electrons. The zero-order chi connectivity index (χ0) is 16.8. The number of cyclic esters (lactones) is 2. The van der Waals surface area contributed by atoms with E-state index in [1.807, 2.05) is 36.0 Å². The highest BCUT2D eigenvalue weighted by molar-refractivity contribution is 6.19. The summed E-state index contributed by atoms with van der Waals surface area (Å²) in [5.74, 6) is -1.93. The number of aromatic nitrogens is 1. The first-order valence-electron chi connectivity index (χ1n) is 7.12. The molecule has 3 rings (SSSR count). The first kappa shape index (κ1) is 15.1. The highest BCUT2D eigenvalue weighted by Gasteiger charge is 2.38. The van der Waals surface area contributed by atoms with E-state index in [1.54, 1.807) is 7.11 Å². The molecule has 0 unspecified atom stereocenters. The molecule has 6 heteroatoms. The van der Waals surface area contributed by atoms with Crippen molar-refractivity contribution in [1.82, 2.24) is 4.57 Å². The van der Waals surface area contributed by atoms with E-state index in [-0.39, 0.29) is 5.57 Å². The minimum absolute atomic E-state index is 0.125. The minimum atomic E-state index is -1.24. The maximum atomic E-state index is 12.1. The SMILES string of the molecule is COc1ccc2c(c1)c(C=C1C(=O)OC(C)(C)OC1=O)cn2C. The Kier molecular flexibility index (Phi) is 3.39. The van der Waals surface area contributed by atoms with Gasteiger partial charge in [0.25, 0.3) is 5.79 Å². The van der Waals surface area contributed by atoms with Gasteiger partial charge in [0.1, 0.15) is 11.3 Å². The van der Waals surface area contributed by atoms with Crippen LogP contribution >= 0.6 is 0 Å². The lowest BCUT2D eigenvalue weighted by molar-refractivity contribution is -0.222. The summed E-state index contributed by atoms with van der Waals surface area (Å²) >= 11 is 0. The van der Waals surface area contributed by atoms with Crippen molar-refractivity contribution in [2.45, 2.75) is 19.6 Å². The van der Waals surface area contributed by atoms with Crippen molar-refractivity contribution < 1.29 is 23.8 Å². The van der Waals surface area contributed by atoms with E-state index in [9.17, 15) is 9.59 Å². The van der Waals surface area contributed by atoms with Crippen LogP contribution in [0.4, 0.5) is 0 Å². The zero-order valence-corrected chi connectivity index (χ0v) is 13.4. The lowest BCUT2D eigenvalue weighted by Crippen LogP contribution is -2.41. The van der Waals surface area contributed by atoms with Crippen LogP contribution in [0.2, 0.25) is 0 Å². The molecule has 0 spiro atoms. The molecule has 1 aliphatic heterocycles. The molecule has 1 saturated heterocycles. The van der Waals surface area contributed by atoms with Gasteiger partial charge in [-0.05, 0) is 24.3 Å². The molecule has 1 fully saturated rings. The number of benzene rings is 1. The van der Waals surface area contributed by atoms with Gasteiger partial charge >= 0.3 is 11.9 Å². The standard InChI is InChI=1S/C17H17NO5/c1-17(2)22-15(19)13(16(20)23-17)7-10-9-18(3)14-6-5-11(21-4)8-12(10)14/h5-9H,1-4H3.